The second-order valence-corrected chi connectivity index (χ2v) is 6.58. The minimum atomic E-state index is 0.574. The van der Waals surface area contributed by atoms with Crippen molar-refractivity contribution in [1.82, 2.24) is 5.32 Å². The Labute approximate surface area is 143 Å². The average molecular weight is 413 g/mol. The molecule has 0 aliphatic heterocycles. The minimum absolute atomic E-state index is 0.574. The number of hydrogen-bond donors (Lipinski definition) is 1. The minimum Gasteiger partial charge on any atom is -0.488 e. The Balaban J connectivity index is 2.02. The van der Waals surface area contributed by atoms with Crippen LogP contribution >= 0.6 is 31.9 Å². The molecule has 0 fully saturated rings. The lowest BCUT2D eigenvalue weighted by Gasteiger charge is -2.13. The van der Waals surface area contributed by atoms with Gasteiger partial charge >= 0.3 is 0 Å². The van der Waals surface area contributed by atoms with E-state index in [-0.39, 0.29) is 0 Å². The molecular weight excluding hydrogens is 394 g/mol. The van der Waals surface area contributed by atoms with E-state index < -0.39 is 0 Å². The largest absolute Gasteiger partial charge is 0.488 e. The Kier molecular flexibility index (Phi) is 6.74. The second kappa shape index (κ2) is 8.57. The van der Waals surface area contributed by atoms with Crippen molar-refractivity contribution in [2.75, 3.05) is 6.54 Å². The summed E-state index contributed by atoms with van der Waals surface area (Å²) in [6.45, 7) is 4.67. The molecule has 0 aliphatic rings. The van der Waals surface area contributed by atoms with Crippen LogP contribution in [0, 0.1) is 0 Å². The predicted molar refractivity (Wildman–Crippen MR) is 94.6 cm³/mol. The van der Waals surface area contributed by atoms with Crippen molar-refractivity contribution in [2.24, 2.45) is 0 Å². The highest BCUT2D eigenvalue weighted by atomic mass is 79.9. The van der Waals surface area contributed by atoms with Gasteiger partial charge in [0.2, 0.25) is 0 Å². The monoisotopic (exact) mass is 411 g/mol. The molecule has 0 saturated heterocycles. The van der Waals surface area contributed by atoms with E-state index in [2.05, 4.69) is 68.4 Å². The fourth-order valence-electron chi connectivity index (χ4n) is 2.02. The van der Waals surface area contributed by atoms with Crippen LogP contribution in [0.3, 0.4) is 0 Å². The molecule has 0 saturated carbocycles. The lowest BCUT2D eigenvalue weighted by molar-refractivity contribution is 0.302. The molecular formula is C17H19Br2NO. The van der Waals surface area contributed by atoms with E-state index in [1.807, 2.05) is 18.2 Å². The van der Waals surface area contributed by atoms with E-state index >= 15 is 0 Å². The van der Waals surface area contributed by atoms with Gasteiger partial charge in [-0.25, -0.2) is 0 Å². The summed E-state index contributed by atoms with van der Waals surface area (Å²) in [6.07, 6.45) is 1.14. The second-order valence-electron chi connectivity index (χ2n) is 4.81. The zero-order valence-electron chi connectivity index (χ0n) is 12.0. The van der Waals surface area contributed by atoms with Crippen LogP contribution in [-0.2, 0) is 13.2 Å². The molecule has 0 amide bonds. The van der Waals surface area contributed by atoms with Crippen LogP contribution < -0.4 is 10.1 Å². The third-order valence-electron chi connectivity index (χ3n) is 3.14. The zero-order chi connectivity index (χ0) is 15.1. The maximum atomic E-state index is 5.93. The summed E-state index contributed by atoms with van der Waals surface area (Å²) in [5.74, 6) is 0.856. The molecule has 2 aromatic rings. The van der Waals surface area contributed by atoms with Crippen molar-refractivity contribution in [1.29, 1.82) is 0 Å². The first-order chi connectivity index (χ1) is 10.2. The molecule has 0 unspecified atom stereocenters. The first kappa shape index (κ1) is 16.5. The van der Waals surface area contributed by atoms with Gasteiger partial charge in [-0.3, -0.25) is 0 Å². The summed E-state index contributed by atoms with van der Waals surface area (Å²) < 4.78 is 7.92. The molecule has 2 aromatic carbocycles. The molecule has 0 spiro atoms. The average Bonchev–Trinajstić information content (AvgIpc) is 2.48. The highest BCUT2D eigenvalue weighted by molar-refractivity contribution is 9.11. The molecule has 0 atom stereocenters. The summed E-state index contributed by atoms with van der Waals surface area (Å²) in [5, 5.41) is 3.44. The van der Waals surface area contributed by atoms with Crippen LogP contribution in [0.5, 0.6) is 5.75 Å². The highest BCUT2D eigenvalue weighted by Gasteiger charge is 2.05. The summed E-state index contributed by atoms with van der Waals surface area (Å²) in [5.41, 5.74) is 2.51. The van der Waals surface area contributed by atoms with Gasteiger partial charge in [0.15, 0.2) is 0 Å². The van der Waals surface area contributed by atoms with Crippen LogP contribution in [0.2, 0.25) is 0 Å². The van der Waals surface area contributed by atoms with Gasteiger partial charge in [-0.15, -0.1) is 0 Å². The fraction of sp³-hybridized carbons (Fsp3) is 0.294. The Morgan fingerprint density at radius 1 is 1.05 bits per heavy atom. The van der Waals surface area contributed by atoms with Gasteiger partial charge in [0, 0.05) is 11.0 Å². The van der Waals surface area contributed by atoms with Crippen LogP contribution in [0.4, 0.5) is 0 Å². The predicted octanol–water partition coefficient (Wildman–Crippen LogP) is 5.29. The first-order valence-corrected chi connectivity index (χ1v) is 8.64. The van der Waals surface area contributed by atoms with Crippen molar-refractivity contribution >= 4 is 31.9 Å². The van der Waals surface area contributed by atoms with Crippen molar-refractivity contribution in [2.45, 2.75) is 26.5 Å². The third kappa shape index (κ3) is 5.13. The van der Waals surface area contributed by atoms with Gasteiger partial charge in [0.05, 0.1) is 4.47 Å². The lowest BCUT2D eigenvalue weighted by Crippen LogP contribution is -2.15. The molecule has 1 N–H and O–H groups in total. The maximum absolute atomic E-state index is 5.93. The highest BCUT2D eigenvalue weighted by Crippen LogP contribution is 2.29. The normalized spacial score (nSPS) is 10.6. The van der Waals surface area contributed by atoms with Crippen molar-refractivity contribution < 1.29 is 4.74 Å². The first-order valence-electron chi connectivity index (χ1n) is 7.06. The molecule has 0 bridgehead atoms. The van der Waals surface area contributed by atoms with Crippen molar-refractivity contribution in [3.8, 4) is 5.75 Å². The SMILES string of the molecule is CCCNCc1ccccc1COc1ccc(Br)cc1Br. The molecule has 0 heterocycles. The van der Waals surface area contributed by atoms with E-state index in [9.17, 15) is 0 Å². The number of ether oxygens (including phenoxy) is 1. The molecule has 112 valence electrons. The standard InChI is InChI=1S/C17H19Br2NO/c1-2-9-20-11-13-5-3-4-6-14(13)12-21-17-8-7-15(18)10-16(17)19/h3-8,10,20H,2,9,11-12H2,1H3. The Hall–Kier alpha value is -0.840. The number of hydrogen-bond acceptors (Lipinski definition) is 2. The molecule has 4 heteroatoms. The Morgan fingerprint density at radius 2 is 1.81 bits per heavy atom. The molecule has 0 aliphatic carbocycles. The number of benzene rings is 2. The van der Waals surface area contributed by atoms with Gasteiger partial charge in [-0.2, -0.15) is 0 Å². The van der Waals surface area contributed by atoms with Gasteiger partial charge in [0.1, 0.15) is 12.4 Å². The van der Waals surface area contributed by atoms with Crippen LogP contribution in [0.1, 0.15) is 24.5 Å². The van der Waals surface area contributed by atoms with Crippen LogP contribution in [0.25, 0.3) is 0 Å². The summed E-state index contributed by atoms with van der Waals surface area (Å²) in [7, 11) is 0. The van der Waals surface area contributed by atoms with E-state index in [1.165, 1.54) is 11.1 Å². The topological polar surface area (TPSA) is 21.3 Å². The Morgan fingerprint density at radius 3 is 2.52 bits per heavy atom. The van der Waals surface area contributed by atoms with E-state index in [0.717, 1.165) is 34.2 Å². The summed E-state index contributed by atoms with van der Waals surface area (Å²) in [6, 6.07) is 14.3. The smallest absolute Gasteiger partial charge is 0.134 e. The third-order valence-corrected chi connectivity index (χ3v) is 4.25. The Bertz CT molecular complexity index is 587. The fourth-order valence-corrected chi connectivity index (χ4v) is 3.18. The molecule has 0 radical (unpaired) electrons. The maximum Gasteiger partial charge on any atom is 0.134 e. The number of rotatable bonds is 7. The van der Waals surface area contributed by atoms with Crippen LogP contribution in [0.15, 0.2) is 51.4 Å². The molecule has 2 rings (SSSR count). The summed E-state index contributed by atoms with van der Waals surface area (Å²) >= 11 is 6.97. The van der Waals surface area contributed by atoms with E-state index in [1.54, 1.807) is 0 Å². The van der Waals surface area contributed by atoms with Gasteiger partial charge < -0.3 is 10.1 Å². The van der Waals surface area contributed by atoms with E-state index in [0.29, 0.717) is 6.61 Å². The van der Waals surface area contributed by atoms with Gasteiger partial charge in [0.25, 0.3) is 0 Å². The van der Waals surface area contributed by atoms with Crippen molar-refractivity contribution in [3.63, 3.8) is 0 Å². The number of halogens is 2. The quantitative estimate of drug-likeness (QED) is 0.623. The van der Waals surface area contributed by atoms with Gasteiger partial charge in [-0.05, 0) is 58.2 Å². The van der Waals surface area contributed by atoms with Crippen LogP contribution in [-0.4, -0.2) is 6.54 Å². The summed E-state index contributed by atoms with van der Waals surface area (Å²) in [4.78, 5) is 0. The van der Waals surface area contributed by atoms with Gasteiger partial charge in [-0.1, -0.05) is 47.1 Å². The lowest BCUT2D eigenvalue weighted by atomic mass is 10.1. The molecule has 21 heavy (non-hydrogen) atoms. The number of nitrogens with one attached hydrogen (secondary N) is 1. The molecule has 2 nitrogen and oxygen atoms in total. The van der Waals surface area contributed by atoms with Crippen molar-refractivity contribution in [3.05, 3.63) is 62.5 Å². The molecule has 0 aromatic heterocycles. The zero-order valence-corrected chi connectivity index (χ0v) is 15.2. The van der Waals surface area contributed by atoms with E-state index in [4.69, 9.17) is 4.74 Å².